The van der Waals surface area contributed by atoms with Crippen LogP contribution < -0.4 is 9.47 Å². The predicted octanol–water partition coefficient (Wildman–Crippen LogP) is 1.74. The average molecular weight is 252 g/mol. The van der Waals surface area contributed by atoms with Gasteiger partial charge in [0.15, 0.2) is 0 Å². The number of hydrogen-bond donors (Lipinski definition) is 1. The largest absolute Gasteiger partial charge is 0.497 e. The van der Waals surface area contributed by atoms with Crippen molar-refractivity contribution in [3.63, 3.8) is 0 Å². The summed E-state index contributed by atoms with van der Waals surface area (Å²) in [6.45, 7) is 4.63. The Balaban J connectivity index is 2.49. The fourth-order valence-electron chi connectivity index (χ4n) is 2.26. The molecule has 0 radical (unpaired) electrons. The molecule has 0 unspecified atom stereocenters. The minimum absolute atomic E-state index is 0.394. The number of ether oxygens (including phenoxy) is 3. The molecule has 2 rings (SSSR count). The summed E-state index contributed by atoms with van der Waals surface area (Å²) in [7, 11) is 3.24. The summed E-state index contributed by atoms with van der Waals surface area (Å²) in [4.78, 5) is 0. The number of aliphatic hydroxyl groups is 1. The summed E-state index contributed by atoms with van der Waals surface area (Å²) < 4.78 is 15.9. The minimum atomic E-state index is -0.859. The van der Waals surface area contributed by atoms with Gasteiger partial charge in [0.2, 0.25) is 0 Å². The van der Waals surface area contributed by atoms with Gasteiger partial charge in [-0.25, -0.2) is 0 Å². The fraction of sp³-hybridized carbons (Fsp3) is 0.571. The second kappa shape index (κ2) is 4.44. The molecule has 18 heavy (non-hydrogen) atoms. The van der Waals surface area contributed by atoms with Crippen molar-refractivity contribution in [1.29, 1.82) is 0 Å². The van der Waals surface area contributed by atoms with Gasteiger partial charge in [-0.1, -0.05) is 0 Å². The van der Waals surface area contributed by atoms with Gasteiger partial charge in [-0.05, 0) is 31.5 Å². The van der Waals surface area contributed by atoms with Gasteiger partial charge in [0.25, 0.3) is 0 Å². The first-order valence-electron chi connectivity index (χ1n) is 5.96. The third-order valence-electron chi connectivity index (χ3n) is 3.77. The Kier molecular flexibility index (Phi) is 3.25. The summed E-state index contributed by atoms with van der Waals surface area (Å²) in [5, 5.41) is 10.4. The standard InChI is InChI=1S/C14H20O4/c1-13(2,15)14(8-18-9-14)10-5-11(16-3)7-12(6-10)17-4/h5-7,15H,8-9H2,1-4H3. The van der Waals surface area contributed by atoms with Crippen molar-refractivity contribution in [2.75, 3.05) is 27.4 Å². The van der Waals surface area contributed by atoms with Crippen LogP contribution in [0.4, 0.5) is 0 Å². The van der Waals surface area contributed by atoms with Crippen LogP contribution in [-0.4, -0.2) is 38.1 Å². The second-order valence-electron chi connectivity index (χ2n) is 5.24. The molecule has 0 spiro atoms. The SMILES string of the molecule is COc1cc(OC)cc(C2(C(C)(C)O)COC2)c1. The van der Waals surface area contributed by atoms with Crippen molar-refractivity contribution < 1.29 is 19.3 Å². The van der Waals surface area contributed by atoms with Gasteiger partial charge in [0, 0.05) is 6.07 Å². The molecule has 1 saturated heterocycles. The van der Waals surface area contributed by atoms with E-state index in [1.807, 2.05) is 32.0 Å². The quantitative estimate of drug-likeness (QED) is 0.886. The van der Waals surface area contributed by atoms with Gasteiger partial charge in [-0.3, -0.25) is 0 Å². The highest BCUT2D eigenvalue weighted by Gasteiger charge is 2.51. The molecule has 0 bridgehead atoms. The van der Waals surface area contributed by atoms with Gasteiger partial charge in [-0.15, -0.1) is 0 Å². The highest BCUT2D eigenvalue weighted by atomic mass is 16.5. The molecule has 1 aromatic carbocycles. The van der Waals surface area contributed by atoms with E-state index in [0.29, 0.717) is 13.2 Å². The Bertz CT molecular complexity index is 408. The van der Waals surface area contributed by atoms with Gasteiger partial charge in [-0.2, -0.15) is 0 Å². The Morgan fingerprint density at radius 2 is 1.61 bits per heavy atom. The van der Waals surface area contributed by atoms with E-state index in [1.165, 1.54) is 0 Å². The normalized spacial score (nSPS) is 18.1. The zero-order valence-corrected chi connectivity index (χ0v) is 11.3. The topological polar surface area (TPSA) is 47.9 Å². The average Bonchev–Trinajstić information content (AvgIpc) is 2.24. The molecule has 1 fully saturated rings. The van der Waals surface area contributed by atoms with E-state index in [9.17, 15) is 5.11 Å². The maximum Gasteiger partial charge on any atom is 0.122 e. The Hall–Kier alpha value is -1.26. The summed E-state index contributed by atoms with van der Waals surface area (Å²) >= 11 is 0. The Morgan fingerprint density at radius 1 is 1.11 bits per heavy atom. The first-order chi connectivity index (χ1) is 8.43. The van der Waals surface area contributed by atoms with Gasteiger partial charge in [0.05, 0.1) is 38.4 Å². The van der Waals surface area contributed by atoms with Gasteiger partial charge in [0.1, 0.15) is 11.5 Å². The molecule has 1 aliphatic heterocycles. The van der Waals surface area contributed by atoms with Crippen LogP contribution in [0.15, 0.2) is 18.2 Å². The third-order valence-corrected chi connectivity index (χ3v) is 3.77. The monoisotopic (exact) mass is 252 g/mol. The number of methoxy groups -OCH3 is 2. The van der Waals surface area contributed by atoms with E-state index < -0.39 is 11.0 Å². The van der Waals surface area contributed by atoms with Crippen LogP contribution in [0.25, 0.3) is 0 Å². The van der Waals surface area contributed by atoms with Crippen molar-refractivity contribution in [1.82, 2.24) is 0 Å². The number of benzene rings is 1. The van der Waals surface area contributed by atoms with Crippen LogP contribution in [0.3, 0.4) is 0 Å². The summed E-state index contributed by atoms with van der Waals surface area (Å²) in [5.74, 6) is 1.44. The van der Waals surface area contributed by atoms with E-state index in [-0.39, 0.29) is 0 Å². The molecule has 4 nitrogen and oxygen atoms in total. The van der Waals surface area contributed by atoms with E-state index in [4.69, 9.17) is 14.2 Å². The van der Waals surface area contributed by atoms with Crippen LogP contribution in [0.5, 0.6) is 11.5 Å². The molecular weight excluding hydrogens is 232 g/mol. The smallest absolute Gasteiger partial charge is 0.122 e. The van der Waals surface area contributed by atoms with E-state index in [2.05, 4.69) is 0 Å². The van der Waals surface area contributed by atoms with E-state index in [1.54, 1.807) is 14.2 Å². The first-order valence-corrected chi connectivity index (χ1v) is 5.96. The molecule has 100 valence electrons. The lowest BCUT2D eigenvalue weighted by atomic mass is 9.67. The lowest BCUT2D eigenvalue weighted by molar-refractivity contribution is -0.157. The Morgan fingerprint density at radius 3 is 1.89 bits per heavy atom. The molecule has 0 aromatic heterocycles. The highest BCUT2D eigenvalue weighted by molar-refractivity contribution is 5.44. The molecule has 0 saturated carbocycles. The second-order valence-corrected chi connectivity index (χ2v) is 5.24. The summed E-state index contributed by atoms with van der Waals surface area (Å²) in [6, 6.07) is 5.69. The first kappa shape index (κ1) is 13.2. The molecule has 1 aromatic rings. The molecule has 1 aliphatic rings. The zero-order chi connectivity index (χ0) is 13.4. The van der Waals surface area contributed by atoms with Crippen LogP contribution in [0.2, 0.25) is 0 Å². The fourth-order valence-corrected chi connectivity index (χ4v) is 2.26. The number of rotatable bonds is 4. The third kappa shape index (κ3) is 1.95. The van der Waals surface area contributed by atoms with Gasteiger partial charge >= 0.3 is 0 Å². The van der Waals surface area contributed by atoms with Crippen LogP contribution in [0, 0.1) is 0 Å². The number of hydrogen-bond acceptors (Lipinski definition) is 4. The van der Waals surface area contributed by atoms with Crippen molar-refractivity contribution in [2.24, 2.45) is 0 Å². The molecule has 1 heterocycles. The maximum atomic E-state index is 10.4. The zero-order valence-electron chi connectivity index (χ0n) is 11.3. The maximum absolute atomic E-state index is 10.4. The molecule has 4 heteroatoms. The molecule has 0 aliphatic carbocycles. The lowest BCUT2D eigenvalue weighted by Gasteiger charge is -2.50. The molecule has 0 atom stereocenters. The van der Waals surface area contributed by atoms with Crippen molar-refractivity contribution in [2.45, 2.75) is 24.9 Å². The van der Waals surface area contributed by atoms with E-state index in [0.717, 1.165) is 17.1 Å². The van der Waals surface area contributed by atoms with Crippen LogP contribution in [0.1, 0.15) is 19.4 Å². The van der Waals surface area contributed by atoms with E-state index >= 15 is 0 Å². The summed E-state index contributed by atoms with van der Waals surface area (Å²) in [6.07, 6.45) is 0. The summed E-state index contributed by atoms with van der Waals surface area (Å²) in [5.41, 5.74) is -0.269. The molecular formula is C14H20O4. The predicted molar refractivity (Wildman–Crippen MR) is 68.3 cm³/mol. The molecule has 1 N–H and O–H groups in total. The Labute approximate surface area is 107 Å². The van der Waals surface area contributed by atoms with Gasteiger partial charge < -0.3 is 19.3 Å². The minimum Gasteiger partial charge on any atom is -0.497 e. The van der Waals surface area contributed by atoms with Crippen molar-refractivity contribution >= 4 is 0 Å². The van der Waals surface area contributed by atoms with Crippen molar-refractivity contribution in [3.8, 4) is 11.5 Å². The lowest BCUT2D eigenvalue weighted by Crippen LogP contribution is -2.60. The van der Waals surface area contributed by atoms with Crippen molar-refractivity contribution in [3.05, 3.63) is 23.8 Å². The molecule has 0 amide bonds. The highest BCUT2D eigenvalue weighted by Crippen LogP contribution is 2.44. The van der Waals surface area contributed by atoms with Crippen LogP contribution in [-0.2, 0) is 10.2 Å². The van der Waals surface area contributed by atoms with Crippen LogP contribution >= 0.6 is 0 Å².